The van der Waals surface area contributed by atoms with Crippen LogP contribution in [-0.2, 0) is 22.5 Å². The molecule has 1 aliphatic heterocycles. The van der Waals surface area contributed by atoms with Gasteiger partial charge in [0.15, 0.2) is 5.69 Å². The number of aliphatic hydroxyl groups excluding tert-OH is 1. The monoisotopic (exact) mass is 333 g/mol. The van der Waals surface area contributed by atoms with Crippen molar-refractivity contribution in [2.24, 2.45) is 5.92 Å². The number of fused-ring (bicyclic) bond motifs is 3. The normalized spacial score (nSPS) is 25.5. The van der Waals surface area contributed by atoms with E-state index in [2.05, 4.69) is 5.10 Å². The highest BCUT2D eigenvalue weighted by atomic mass is 16.5. The fourth-order valence-corrected chi connectivity index (χ4v) is 4.16. The second-order valence-electron chi connectivity index (χ2n) is 6.95. The fraction of sp³-hybridized carbons (Fsp3) is 0.706. The van der Waals surface area contributed by atoms with Gasteiger partial charge in [0.1, 0.15) is 6.29 Å². The number of amides is 1. The van der Waals surface area contributed by atoms with Gasteiger partial charge in [-0.1, -0.05) is 0 Å². The van der Waals surface area contributed by atoms with Crippen molar-refractivity contribution in [2.75, 3.05) is 26.3 Å². The van der Waals surface area contributed by atoms with Crippen molar-refractivity contribution in [1.29, 1.82) is 0 Å². The second kappa shape index (κ2) is 6.29. The lowest BCUT2D eigenvalue weighted by atomic mass is 10.1. The summed E-state index contributed by atoms with van der Waals surface area (Å²) >= 11 is 0. The Hall–Kier alpha value is -1.73. The summed E-state index contributed by atoms with van der Waals surface area (Å²) in [5.74, 6) is 1.12. The second-order valence-corrected chi connectivity index (χ2v) is 6.95. The van der Waals surface area contributed by atoms with Crippen molar-refractivity contribution >= 4 is 12.2 Å². The van der Waals surface area contributed by atoms with Crippen LogP contribution in [0.3, 0.4) is 0 Å². The molecule has 2 atom stereocenters. The first kappa shape index (κ1) is 15.8. The Labute approximate surface area is 140 Å². The van der Waals surface area contributed by atoms with E-state index in [0.717, 1.165) is 43.2 Å². The molecule has 2 heterocycles. The number of nitrogens with zero attached hydrogens (tertiary/aromatic N) is 3. The highest BCUT2D eigenvalue weighted by Gasteiger charge is 2.50. The molecule has 2 fully saturated rings. The number of likely N-dealkylation sites (tertiary alicyclic amines) is 1. The van der Waals surface area contributed by atoms with Gasteiger partial charge in [-0.2, -0.15) is 5.10 Å². The fourth-order valence-electron chi connectivity index (χ4n) is 4.16. The Morgan fingerprint density at radius 2 is 2.17 bits per heavy atom. The van der Waals surface area contributed by atoms with E-state index in [1.165, 1.54) is 0 Å². The number of piperidine rings is 1. The van der Waals surface area contributed by atoms with Crippen molar-refractivity contribution in [3.05, 3.63) is 17.0 Å². The van der Waals surface area contributed by atoms with Gasteiger partial charge in [0.25, 0.3) is 5.91 Å². The van der Waals surface area contributed by atoms with Crippen molar-refractivity contribution < 1.29 is 19.4 Å². The summed E-state index contributed by atoms with van der Waals surface area (Å²) in [5, 5.41) is 13.3. The first-order valence-corrected chi connectivity index (χ1v) is 8.77. The highest BCUT2D eigenvalue weighted by Crippen LogP contribution is 2.57. The van der Waals surface area contributed by atoms with E-state index in [4.69, 9.17) is 9.84 Å². The van der Waals surface area contributed by atoms with Crippen LogP contribution in [-0.4, -0.2) is 64.4 Å². The molecule has 1 saturated heterocycles. The molecule has 1 saturated carbocycles. The molecule has 24 heavy (non-hydrogen) atoms. The van der Waals surface area contributed by atoms with Crippen LogP contribution in [0.1, 0.15) is 46.9 Å². The van der Waals surface area contributed by atoms with Crippen LogP contribution in [0.5, 0.6) is 0 Å². The maximum Gasteiger partial charge on any atom is 0.274 e. The van der Waals surface area contributed by atoms with Gasteiger partial charge in [-0.25, -0.2) is 0 Å². The summed E-state index contributed by atoms with van der Waals surface area (Å²) in [5.41, 5.74) is 2.75. The molecule has 0 bridgehead atoms. The Morgan fingerprint density at radius 3 is 2.88 bits per heavy atom. The van der Waals surface area contributed by atoms with E-state index in [0.29, 0.717) is 37.2 Å². The van der Waals surface area contributed by atoms with Crippen molar-refractivity contribution in [3.63, 3.8) is 0 Å². The van der Waals surface area contributed by atoms with Gasteiger partial charge < -0.3 is 19.5 Å². The number of aldehydes is 1. The van der Waals surface area contributed by atoms with E-state index in [1.807, 2.05) is 4.90 Å². The Bertz CT molecular complexity index is 649. The maximum atomic E-state index is 12.9. The molecule has 4 rings (SSSR count). The van der Waals surface area contributed by atoms with E-state index in [9.17, 15) is 9.59 Å². The van der Waals surface area contributed by atoms with Gasteiger partial charge in [-0.3, -0.25) is 9.48 Å². The van der Waals surface area contributed by atoms with Gasteiger partial charge in [-0.15, -0.1) is 0 Å². The molecule has 0 unspecified atom stereocenters. The summed E-state index contributed by atoms with van der Waals surface area (Å²) in [4.78, 5) is 25.7. The Kier molecular flexibility index (Phi) is 4.14. The number of rotatable bonds is 6. The zero-order chi connectivity index (χ0) is 16.7. The minimum atomic E-state index is -0.0101. The molecular formula is C17H23N3O4. The van der Waals surface area contributed by atoms with Gasteiger partial charge >= 0.3 is 0 Å². The van der Waals surface area contributed by atoms with E-state index in [-0.39, 0.29) is 25.2 Å². The molecule has 7 heteroatoms. The third kappa shape index (κ3) is 2.65. The summed E-state index contributed by atoms with van der Waals surface area (Å²) in [6, 6.07) is 0. The molecule has 0 spiro atoms. The standard InChI is InChI=1S/C17H23N3O4/c21-6-5-20-14-10-11-9-13(11)15(14)16(18-20)17(23)19-3-1-12(2-4-19)24-8-7-22/h6,11-13,22H,1-5,7-10H2/t11-,13-/m1/s1. The van der Waals surface area contributed by atoms with Crippen LogP contribution in [0.15, 0.2) is 0 Å². The third-order valence-corrected chi connectivity index (χ3v) is 5.47. The molecular weight excluding hydrogens is 310 g/mol. The van der Waals surface area contributed by atoms with Crippen LogP contribution in [0.2, 0.25) is 0 Å². The van der Waals surface area contributed by atoms with Crippen molar-refractivity contribution in [2.45, 2.75) is 44.2 Å². The SMILES string of the molecule is O=CCn1nc(C(=O)N2CCC(OCCO)CC2)c2c1C[C@H]1C[C@@H]21. The number of aromatic nitrogens is 2. The molecule has 130 valence electrons. The van der Waals surface area contributed by atoms with Gasteiger partial charge in [0, 0.05) is 24.3 Å². The lowest BCUT2D eigenvalue weighted by molar-refractivity contribution is -0.108. The maximum absolute atomic E-state index is 12.9. The average molecular weight is 333 g/mol. The lowest BCUT2D eigenvalue weighted by Gasteiger charge is -2.31. The molecule has 2 aliphatic carbocycles. The first-order chi connectivity index (χ1) is 11.7. The van der Waals surface area contributed by atoms with E-state index in [1.54, 1.807) is 4.68 Å². The van der Waals surface area contributed by atoms with Crippen LogP contribution in [0.4, 0.5) is 0 Å². The topological polar surface area (TPSA) is 84.7 Å². The van der Waals surface area contributed by atoms with Crippen LogP contribution >= 0.6 is 0 Å². The third-order valence-electron chi connectivity index (χ3n) is 5.47. The van der Waals surface area contributed by atoms with Crippen molar-refractivity contribution in [3.8, 4) is 0 Å². The largest absolute Gasteiger partial charge is 0.394 e. The van der Waals surface area contributed by atoms with E-state index >= 15 is 0 Å². The number of carbonyl (C=O) groups excluding carboxylic acids is 2. The van der Waals surface area contributed by atoms with E-state index < -0.39 is 0 Å². The smallest absolute Gasteiger partial charge is 0.274 e. The Balaban J connectivity index is 1.48. The van der Waals surface area contributed by atoms with Crippen LogP contribution < -0.4 is 0 Å². The summed E-state index contributed by atoms with van der Waals surface area (Å²) in [6.45, 7) is 1.91. The molecule has 7 nitrogen and oxygen atoms in total. The quantitative estimate of drug-likeness (QED) is 0.760. The van der Waals surface area contributed by atoms with Gasteiger partial charge in [0.2, 0.25) is 0 Å². The Morgan fingerprint density at radius 1 is 1.38 bits per heavy atom. The minimum Gasteiger partial charge on any atom is -0.394 e. The van der Waals surface area contributed by atoms with Crippen LogP contribution in [0.25, 0.3) is 0 Å². The average Bonchev–Trinajstić information content (AvgIpc) is 3.13. The van der Waals surface area contributed by atoms with Gasteiger partial charge in [-0.05, 0) is 37.5 Å². The minimum absolute atomic E-state index is 0.0101. The zero-order valence-electron chi connectivity index (χ0n) is 13.7. The van der Waals surface area contributed by atoms with Crippen LogP contribution in [0, 0.1) is 5.92 Å². The highest BCUT2D eigenvalue weighted by molar-refractivity contribution is 5.94. The number of hydrogen-bond donors (Lipinski definition) is 1. The molecule has 0 radical (unpaired) electrons. The number of hydrogen-bond acceptors (Lipinski definition) is 5. The molecule has 0 aromatic carbocycles. The number of aliphatic hydroxyl groups is 1. The van der Waals surface area contributed by atoms with Crippen molar-refractivity contribution in [1.82, 2.24) is 14.7 Å². The number of ether oxygens (including phenoxy) is 1. The predicted octanol–water partition coefficient (Wildman–Crippen LogP) is 0.355. The summed E-state index contributed by atoms with van der Waals surface area (Å²) in [7, 11) is 0. The first-order valence-electron chi connectivity index (χ1n) is 8.77. The lowest BCUT2D eigenvalue weighted by Crippen LogP contribution is -2.41. The molecule has 1 amide bonds. The molecule has 1 aromatic rings. The molecule has 3 aliphatic rings. The molecule has 1 aromatic heterocycles. The number of carbonyl (C=O) groups is 2. The predicted molar refractivity (Wildman–Crippen MR) is 84.8 cm³/mol. The van der Waals surface area contributed by atoms with Gasteiger partial charge in [0.05, 0.1) is 25.9 Å². The summed E-state index contributed by atoms with van der Waals surface area (Å²) in [6.07, 6.45) is 4.63. The summed E-state index contributed by atoms with van der Waals surface area (Å²) < 4.78 is 7.27. The molecule has 1 N–H and O–H groups in total. The zero-order valence-corrected chi connectivity index (χ0v) is 13.7.